The van der Waals surface area contributed by atoms with Gasteiger partial charge in [0.2, 0.25) is 0 Å². The summed E-state index contributed by atoms with van der Waals surface area (Å²) < 4.78 is 135. The van der Waals surface area contributed by atoms with E-state index in [9.17, 15) is 76.4 Å². The van der Waals surface area contributed by atoms with Crippen molar-refractivity contribution >= 4 is 32.6 Å². The zero-order valence-electron chi connectivity index (χ0n) is 48.2. The Kier molecular flexibility index (Phi) is 19.0. The van der Waals surface area contributed by atoms with Crippen LogP contribution in [0.2, 0.25) is 0 Å². The van der Waals surface area contributed by atoms with Crippen LogP contribution >= 0.6 is 0 Å². The van der Waals surface area contributed by atoms with E-state index in [2.05, 4.69) is 30.7 Å². The zero-order chi connectivity index (χ0) is 61.8. The summed E-state index contributed by atoms with van der Waals surface area (Å²) in [4.78, 5) is 28.7. The molecule has 27 atom stereocenters. The van der Waals surface area contributed by atoms with Crippen LogP contribution in [0, 0.1) is 39.4 Å². The number of carbonyl (C=O) groups excluding carboxylic acids is 2. The summed E-state index contributed by atoms with van der Waals surface area (Å²) >= 11 is 0. The van der Waals surface area contributed by atoms with E-state index in [1.54, 1.807) is 0 Å². The third-order valence-electron chi connectivity index (χ3n) is 20.3. The van der Waals surface area contributed by atoms with Crippen molar-refractivity contribution in [1.82, 2.24) is 0 Å². The quantitative estimate of drug-likeness (QED) is 0.0335. The molecule has 10 N–H and O–H groups in total. The molecule has 27 unspecified atom stereocenters. The van der Waals surface area contributed by atoms with Gasteiger partial charge in [-0.1, -0.05) is 44.9 Å². The van der Waals surface area contributed by atoms with Gasteiger partial charge in [0.25, 0.3) is 0 Å². The van der Waals surface area contributed by atoms with Crippen LogP contribution in [0.3, 0.4) is 0 Å². The van der Waals surface area contributed by atoms with E-state index >= 15 is 0 Å². The molecule has 0 radical (unpaired) electrons. The number of Topliss-reactive ketones (excluding diaryl/α,β-unsaturated/α-hetero) is 1. The standard InChI is InChI=1S/C54H84O28S2/c1-23(2)11-10-16-53(8)44-27(56)19-52(7)26-12-13-31-50(4,5)32(15-17-51(31,6)25(26)14-18-54(44,52)49(64)81-53)77-48-43(35(59)30(21-72-48)82-84(68,69)70)80-45-37(61)36(60)40(24(3)74-45)78-47-39(63)42(34(58)29(76-47)22-73-83(65,66)67)79-46-38(62)41(71-9)33(57)28(20-55)75-46/h14,24,26,28-48,55,57-63H,1,10-13,15-22H2,2-9H3,(H,65,66,67)(H,68,69,70). The zero-order valence-corrected chi connectivity index (χ0v) is 49.8. The second kappa shape index (κ2) is 24.1. The summed E-state index contributed by atoms with van der Waals surface area (Å²) in [6, 6.07) is 0. The largest absolute Gasteiger partial charge is 0.458 e. The van der Waals surface area contributed by atoms with E-state index in [1.807, 2.05) is 27.7 Å². The SMILES string of the molecule is C=C(C)CCCC1(C)OC(=O)C23CC=C4C(CCC5C4(C)CCC(OC4OCC(OS(=O)(=O)O)C(O)C4OC4OC(C)C(OC6OC(COS(=O)(=O)O)C(O)C(OC7OC(CO)C(O)C(OC)C7O)C6O)C(O)C4O)C5(C)C)C2(C)CC(=O)C13. The highest BCUT2D eigenvalue weighted by Gasteiger charge is 2.79. The van der Waals surface area contributed by atoms with Crippen molar-refractivity contribution in [3.63, 3.8) is 0 Å². The van der Waals surface area contributed by atoms with Crippen molar-refractivity contribution in [3.8, 4) is 0 Å². The number of cyclic esters (lactones) is 1. The normalized spacial score (nSPS) is 48.5. The Hall–Kier alpha value is -2.32. The number of rotatable bonds is 19. The van der Waals surface area contributed by atoms with Gasteiger partial charge < -0.3 is 88.2 Å². The summed E-state index contributed by atoms with van der Waals surface area (Å²) in [5.41, 5.74) is -1.53. The number of hydrogen-bond donors (Lipinski definition) is 10. The molecular formula is C54H84O28S2. The van der Waals surface area contributed by atoms with Gasteiger partial charge in [0, 0.05) is 13.5 Å². The molecule has 0 bridgehead atoms. The number of carbonyl (C=O) groups is 2. The Morgan fingerprint density at radius 3 is 1.99 bits per heavy atom. The highest BCUT2D eigenvalue weighted by atomic mass is 32.3. The van der Waals surface area contributed by atoms with Crippen LogP contribution in [-0.2, 0) is 86.1 Å². The van der Waals surface area contributed by atoms with Crippen molar-refractivity contribution in [2.45, 2.75) is 235 Å². The number of ketones is 1. The molecule has 0 aromatic heterocycles. The lowest BCUT2D eigenvalue weighted by Crippen LogP contribution is -2.67. The molecule has 5 heterocycles. The smallest absolute Gasteiger partial charge is 0.397 e. The highest BCUT2D eigenvalue weighted by molar-refractivity contribution is 7.81. The van der Waals surface area contributed by atoms with Crippen LogP contribution in [0.5, 0.6) is 0 Å². The minimum Gasteiger partial charge on any atom is -0.458 e. The number of esters is 1. The number of fused-ring (bicyclic) bond motifs is 4. The molecule has 9 rings (SSSR count). The van der Waals surface area contributed by atoms with E-state index < -0.39 is 197 Å². The topological polar surface area (TPSA) is 415 Å². The molecule has 0 amide bonds. The van der Waals surface area contributed by atoms with Crippen LogP contribution in [0.25, 0.3) is 0 Å². The third-order valence-corrected chi connectivity index (χ3v) is 21.2. The molecule has 30 heteroatoms. The second-order valence-corrected chi connectivity index (χ2v) is 28.0. The van der Waals surface area contributed by atoms with E-state index in [1.165, 1.54) is 12.5 Å². The summed E-state index contributed by atoms with van der Waals surface area (Å²) in [5.74, 6) is -0.991. The monoisotopic (exact) mass is 1240 g/mol. The fourth-order valence-corrected chi connectivity index (χ4v) is 17.0. The minimum atomic E-state index is -5.22. The molecule has 8 fully saturated rings. The maximum atomic E-state index is 14.4. The first-order chi connectivity index (χ1) is 39.1. The van der Waals surface area contributed by atoms with Crippen LogP contribution in [-0.4, -0.2) is 234 Å². The second-order valence-electron chi connectivity index (χ2n) is 25.8. The lowest BCUT2D eigenvalue weighted by Gasteiger charge is -2.63. The average Bonchev–Trinajstić information content (AvgIpc) is 1.46. The highest BCUT2D eigenvalue weighted by Crippen LogP contribution is 2.75. The Morgan fingerprint density at radius 1 is 0.738 bits per heavy atom. The van der Waals surface area contributed by atoms with Crippen LogP contribution < -0.4 is 0 Å². The lowest BCUT2D eigenvalue weighted by atomic mass is 9.41. The third kappa shape index (κ3) is 11.8. The number of allylic oxidation sites excluding steroid dienone is 3. The molecule has 4 aliphatic carbocycles. The summed E-state index contributed by atoms with van der Waals surface area (Å²) in [6.07, 6.45) is -27.9. The van der Waals surface area contributed by atoms with Crippen molar-refractivity contribution in [3.05, 3.63) is 23.8 Å². The fourth-order valence-electron chi connectivity index (χ4n) is 16.2. The van der Waals surface area contributed by atoms with Gasteiger partial charge in [-0.2, -0.15) is 16.8 Å². The van der Waals surface area contributed by atoms with Crippen molar-refractivity contribution < 1.29 is 132 Å². The summed E-state index contributed by atoms with van der Waals surface area (Å²) in [7, 11) is -9.27. The van der Waals surface area contributed by atoms with Crippen LogP contribution in [0.1, 0.15) is 106 Å². The van der Waals surface area contributed by atoms with Crippen molar-refractivity contribution in [2.75, 3.05) is 26.9 Å². The molecule has 0 aromatic carbocycles. The lowest BCUT2D eigenvalue weighted by molar-refractivity contribution is -0.389. The van der Waals surface area contributed by atoms with Gasteiger partial charge in [-0.25, -0.2) is 8.37 Å². The molecular weight excluding hydrogens is 1160 g/mol. The van der Waals surface area contributed by atoms with Gasteiger partial charge in [0.15, 0.2) is 25.2 Å². The Morgan fingerprint density at radius 2 is 1.36 bits per heavy atom. The molecule has 1 spiro atoms. The first kappa shape index (κ1) is 66.1. The van der Waals surface area contributed by atoms with Gasteiger partial charge in [-0.05, 0) is 100 Å². The van der Waals surface area contributed by atoms with Gasteiger partial charge >= 0.3 is 26.8 Å². The summed E-state index contributed by atoms with van der Waals surface area (Å²) in [5, 5.41) is 89.5. The predicted molar refractivity (Wildman–Crippen MR) is 282 cm³/mol. The van der Waals surface area contributed by atoms with Gasteiger partial charge in [0.05, 0.1) is 43.4 Å². The maximum absolute atomic E-state index is 14.4. The molecule has 84 heavy (non-hydrogen) atoms. The van der Waals surface area contributed by atoms with Crippen molar-refractivity contribution in [1.29, 1.82) is 0 Å². The van der Waals surface area contributed by atoms with E-state index in [-0.39, 0.29) is 30.0 Å². The number of aliphatic hydroxyl groups excluding tert-OH is 8. The fraction of sp³-hybridized carbons (Fsp3) is 0.889. The molecule has 0 aromatic rings. The molecule has 3 saturated carbocycles. The van der Waals surface area contributed by atoms with Gasteiger partial charge in [0.1, 0.15) is 96.8 Å². The Labute approximate surface area is 487 Å². The molecule has 5 saturated heterocycles. The molecule has 9 aliphatic rings. The van der Waals surface area contributed by atoms with E-state index in [0.29, 0.717) is 38.5 Å². The maximum Gasteiger partial charge on any atom is 0.397 e. The van der Waals surface area contributed by atoms with Gasteiger partial charge in [-0.15, -0.1) is 6.58 Å². The number of hydrogen-bond acceptors (Lipinski definition) is 26. The molecule has 480 valence electrons. The summed E-state index contributed by atoms with van der Waals surface area (Å²) in [6.45, 7) is 15.0. The minimum absolute atomic E-state index is 0.0507. The molecule has 28 nitrogen and oxygen atoms in total. The first-order valence-electron chi connectivity index (χ1n) is 28.6. The average molecular weight is 1250 g/mol. The molecule has 5 aliphatic heterocycles. The number of aliphatic hydroxyl groups is 8. The van der Waals surface area contributed by atoms with E-state index in [0.717, 1.165) is 25.5 Å². The Balaban J connectivity index is 0.915. The Bertz CT molecular complexity index is 2690. The first-order valence-corrected chi connectivity index (χ1v) is 31.3. The van der Waals surface area contributed by atoms with Crippen molar-refractivity contribution in [2.24, 2.45) is 39.4 Å². The van der Waals surface area contributed by atoms with E-state index in [4.69, 9.17) is 51.6 Å². The van der Waals surface area contributed by atoms with Crippen LogP contribution in [0.4, 0.5) is 0 Å². The number of ether oxygens (including phenoxy) is 10. The van der Waals surface area contributed by atoms with Gasteiger partial charge in [-0.3, -0.25) is 18.7 Å². The number of methoxy groups -OCH3 is 1. The predicted octanol–water partition coefficient (Wildman–Crippen LogP) is -0.555. The van der Waals surface area contributed by atoms with Crippen LogP contribution in [0.15, 0.2) is 23.8 Å².